The van der Waals surface area contributed by atoms with Crippen LogP contribution in [0.25, 0.3) is 22.2 Å². The highest BCUT2D eigenvalue weighted by atomic mass is 19.4. The van der Waals surface area contributed by atoms with E-state index in [-0.39, 0.29) is 12.3 Å². The normalized spacial score (nSPS) is 12.2. The SMILES string of the molecule is CCOC(=O)C=C(Nc1ccc2c(c1)cc(-c1ccccc1)n2C)C(F)(F)F. The molecular weight excluding hydrogens is 369 g/mol. The number of nitrogens with one attached hydrogen (secondary N) is 1. The van der Waals surface area contributed by atoms with E-state index < -0.39 is 17.8 Å². The number of nitrogens with zero attached hydrogens (tertiary/aromatic N) is 1. The van der Waals surface area contributed by atoms with Crippen LogP contribution in [-0.4, -0.2) is 23.3 Å². The Balaban J connectivity index is 1.96. The Morgan fingerprint density at radius 2 is 1.86 bits per heavy atom. The fourth-order valence-corrected chi connectivity index (χ4v) is 2.96. The summed E-state index contributed by atoms with van der Waals surface area (Å²) >= 11 is 0. The number of allylic oxidation sites excluding steroid dienone is 1. The van der Waals surface area contributed by atoms with Crippen molar-refractivity contribution < 1.29 is 22.7 Å². The van der Waals surface area contributed by atoms with E-state index in [1.54, 1.807) is 18.2 Å². The standard InChI is InChI=1S/C21H19F3N2O2/c1-3-28-20(27)13-19(21(22,23)24)25-16-9-10-17-15(11-16)12-18(26(17)2)14-7-5-4-6-8-14/h4-13,25H,3H2,1-2H3. The number of fused-ring (bicyclic) bond motifs is 1. The Bertz CT molecular complexity index is 1020. The van der Waals surface area contributed by atoms with Crippen LogP contribution in [0.3, 0.4) is 0 Å². The molecule has 3 aromatic rings. The first kappa shape index (κ1) is 19.5. The van der Waals surface area contributed by atoms with E-state index in [1.165, 1.54) is 6.92 Å². The zero-order valence-electron chi connectivity index (χ0n) is 15.4. The Labute approximate surface area is 160 Å². The van der Waals surface area contributed by atoms with Gasteiger partial charge in [0.25, 0.3) is 0 Å². The fraction of sp³-hybridized carbons (Fsp3) is 0.190. The van der Waals surface area contributed by atoms with Crippen molar-refractivity contribution in [1.82, 2.24) is 4.57 Å². The van der Waals surface area contributed by atoms with Crippen molar-refractivity contribution in [2.45, 2.75) is 13.1 Å². The number of rotatable bonds is 5. The summed E-state index contributed by atoms with van der Waals surface area (Å²) < 4.78 is 46.4. The van der Waals surface area contributed by atoms with Crippen molar-refractivity contribution in [2.24, 2.45) is 7.05 Å². The van der Waals surface area contributed by atoms with Gasteiger partial charge in [0, 0.05) is 29.3 Å². The molecule has 0 radical (unpaired) electrons. The lowest BCUT2D eigenvalue weighted by molar-refractivity contribution is -0.138. The lowest BCUT2D eigenvalue weighted by Gasteiger charge is -2.14. The summed E-state index contributed by atoms with van der Waals surface area (Å²) in [6.07, 6.45) is -4.29. The van der Waals surface area contributed by atoms with E-state index >= 15 is 0 Å². The van der Waals surface area contributed by atoms with E-state index in [1.807, 2.05) is 48.0 Å². The minimum Gasteiger partial charge on any atom is -0.463 e. The number of ether oxygens (including phenoxy) is 1. The summed E-state index contributed by atoms with van der Waals surface area (Å²) in [6.45, 7) is 1.53. The van der Waals surface area contributed by atoms with Gasteiger partial charge in [0.15, 0.2) is 0 Å². The molecular formula is C21H19F3N2O2. The number of aromatic nitrogens is 1. The van der Waals surface area contributed by atoms with Crippen LogP contribution in [0.4, 0.5) is 18.9 Å². The Morgan fingerprint density at radius 1 is 1.14 bits per heavy atom. The molecule has 1 heterocycles. The maximum Gasteiger partial charge on any atom is 0.431 e. The zero-order chi connectivity index (χ0) is 20.3. The first-order valence-electron chi connectivity index (χ1n) is 8.67. The largest absolute Gasteiger partial charge is 0.463 e. The van der Waals surface area contributed by atoms with Crippen LogP contribution in [0, 0.1) is 0 Å². The Morgan fingerprint density at radius 3 is 2.50 bits per heavy atom. The third kappa shape index (κ3) is 4.19. The molecule has 0 aliphatic heterocycles. The monoisotopic (exact) mass is 388 g/mol. The van der Waals surface area contributed by atoms with Crippen LogP contribution in [0.2, 0.25) is 0 Å². The number of aryl methyl sites for hydroxylation is 1. The van der Waals surface area contributed by atoms with Crippen molar-refractivity contribution >= 4 is 22.6 Å². The van der Waals surface area contributed by atoms with Crippen molar-refractivity contribution in [1.29, 1.82) is 0 Å². The van der Waals surface area contributed by atoms with E-state index in [2.05, 4.69) is 10.1 Å². The summed E-state index contributed by atoms with van der Waals surface area (Å²) in [5.74, 6) is -1.05. The number of carbonyl (C=O) groups is 1. The second-order valence-electron chi connectivity index (χ2n) is 6.16. The molecule has 1 aromatic heterocycles. The molecule has 7 heteroatoms. The van der Waals surface area contributed by atoms with Gasteiger partial charge in [0.2, 0.25) is 0 Å². The summed E-state index contributed by atoms with van der Waals surface area (Å²) in [4.78, 5) is 11.5. The zero-order valence-corrected chi connectivity index (χ0v) is 15.4. The van der Waals surface area contributed by atoms with E-state index in [4.69, 9.17) is 0 Å². The van der Waals surface area contributed by atoms with E-state index in [9.17, 15) is 18.0 Å². The Hall–Kier alpha value is -3.22. The summed E-state index contributed by atoms with van der Waals surface area (Å²) in [5.41, 5.74) is 1.89. The average Bonchev–Trinajstić information content (AvgIpc) is 2.97. The van der Waals surface area contributed by atoms with Crippen LogP contribution >= 0.6 is 0 Å². The lowest BCUT2D eigenvalue weighted by Crippen LogP contribution is -2.21. The number of benzene rings is 2. The number of hydrogen-bond donors (Lipinski definition) is 1. The van der Waals surface area contributed by atoms with Crippen molar-refractivity contribution in [3.05, 3.63) is 66.4 Å². The second kappa shape index (κ2) is 7.80. The van der Waals surface area contributed by atoms with Gasteiger partial charge in [-0.25, -0.2) is 4.79 Å². The molecule has 0 saturated heterocycles. The number of anilines is 1. The molecule has 0 bridgehead atoms. The van der Waals surface area contributed by atoms with Gasteiger partial charge in [-0.1, -0.05) is 30.3 Å². The quantitative estimate of drug-likeness (QED) is 0.479. The highest BCUT2D eigenvalue weighted by Gasteiger charge is 2.35. The topological polar surface area (TPSA) is 43.3 Å². The van der Waals surface area contributed by atoms with Gasteiger partial charge in [0.05, 0.1) is 12.7 Å². The number of alkyl halides is 3. The fourth-order valence-electron chi connectivity index (χ4n) is 2.96. The van der Waals surface area contributed by atoms with Gasteiger partial charge < -0.3 is 14.6 Å². The molecule has 0 spiro atoms. The summed E-state index contributed by atoms with van der Waals surface area (Å²) in [6, 6.07) is 16.5. The molecule has 28 heavy (non-hydrogen) atoms. The molecule has 0 unspecified atom stereocenters. The molecule has 2 aromatic carbocycles. The number of halogens is 3. The molecule has 0 saturated carbocycles. The van der Waals surface area contributed by atoms with Crippen LogP contribution in [-0.2, 0) is 16.6 Å². The number of carbonyl (C=O) groups excluding carboxylic acids is 1. The first-order valence-corrected chi connectivity index (χ1v) is 8.67. The molecule has 4 nitrogen and oxygen atoms in total. The molecule has 0 fully saturated rings. The Kier molecular flexibility index (Phi) is 5.44. The van der Waals surface area contributed by atoms with E-state index in [0.717, 1.165) is 22.2 Å². The third-order valence-electron chi connectivity index (χ3n) is 4.25. The van der Waals surface area contributed by atoms with Gasteiger partial charge in [-0.3, -0.25) is 0 Å². The van der Waals surface area contributed by atoms with Crippen LogP contribution in [0.5, 0.6) is 0 Å². The maximum atomic E-state index is 13.3. The van der Waals surface area contributed by atoms with Crippen LogP contribution in [0.15, 0.2) is 66.4 Å². The van der Waals surface area contributed by atoms with Crippen molar-refractivity contribution in [3.63, 3.8) is 0 Å². The van der Waals surface area contributed by atoms with Crippen molar-refractivity contribution in [2.75, 3.05) is 11.9 Å². The highest BCUT2D eigenvalue weighted by Crippen LogP contribution is 2.31. The van der Waals surface area contributed by atoms with Crippen LogP contribution in [0.1, 0.15) is 6.92 Å². The van der Waals surface area contributed by atoms with Gasteiger partial charge in [-0.2, -0.15) is 13.2 Å². The average molecular weight is 388 g/mol. The molecule has 146 valence electrons. The van der Waals surface area contributed by atoms with Crippen LogP contribution < -0.4 is 5.32 Å². The molecule has 0 atom stereocenters. The van der Waals surface area contributed by atoms with Gasteiger partial charge >= 0.3 is 12.1 Å². The molecule has 0 amide bonds. The second-order valence-corrected chi connectivity index (χ2v) is 6.16. The predicted molar refractivity (Wildman–Crippen MR) is 103 cm³/mol. The number of esters is 1. The minimum atomic E-state index is -4.71. The molecule has 1 N–H and O–H groups in total. The highest BCUT2D eigenvalue weighted by molar-refractivity contribution is 5.90. The van der Waals surface area contributed by atoms with Gasteiger partial charge in [0.1, 0.15) is 5.70 Å². The predicted octanol–water partition coefficient (Wildman–Crippen LogP) is 5.27. The molecule has 0 aliphatic rings. The van der Waals surface area contributed by atoms with E-state index in [0.29, 0.717) is 6.08 Å². The maximum absolute atomic E-state index is 13.3. The molecule has 0 aliphatic carbocycles. The third-order valence-corrected chi connectivity index (χ3v) is 4.25. The van der Waals surface area contributed by atoms with Crippen molar-refractivity contribution in [3.8, 4) is 11.3 Å². The number of hydrogen-bond acceptors (Lipinski definition) is 3. The summed E-state index contributed by atoms with van der Waals surface area (Å²) in [7, 11) is 1.90. The lowest BCUT2D eigenvalue weighted by atomic mass is 10.1. The van der Waals surface area contributed by atoms with Gasteiger partial charge in [-0.05, 0) is 36.8 Å². The van der Waals surface area contributed by atoms with Gasteiger partial charge in [-0.15, -0.1) is 0 Å². The molecule has 3 rings (SSSR count). The summed E-state index contributed by atoms with van der Waals surface area (Å²) in [5, 5.41) is 3.08. The minimum absolute atomic E-state index is 0.00128. The first-order chi connectivity index (χ1) is 13.3. The smallest absolute Gasteiger partial charge is 0.431 e.